The average Bonchev–Trinajstić information content (AvgIpc) is 2.88. The van der Waals surface area contributed by atoms with Gasteiger partial charge in [-0.2, -0.15) is 0 Å². The fourth-order valence-corrected chi connectivity index (χ4v) is 3.06. The molecule has 0 aliphatic rings. The van der Waals surface area contributed by atoms with E-state index in [2.05, 4.69) is 5.32 Å². The molecule has 0 fully saturated rings. The minimum atomic E-state index is -1.15. The predicted octanol–water partition coefficient (Wildman–Crippen LogP) is 1.82. The molecule has 0 saturated heterocycles. The number of rotatable bonds is 11. The molecule has 0 spiro atoms. The summed E-state index contributed by atoms with van der Waals surface area (Å²) in [5, 5.41) is 21.2. The van der Waals surface area contributed by atoms with Crippen LogP contribution < -0.4 is 19.5 Å². The van der Waals surface area contributed by atoms with E-state index in [0.717, 1.165) is 0 Å². The largest absolute Gasteiger partial charge is 0.493 e. The zero-order chi connectivity index (χ0) is 25.1. The van der Waals surface area contributed by atoms with Crippen molar-refractivity contribution < 1.29 is 38.7 Å². The van der Waals surface area contributed by atoms with Gasteiger partial charge in [-0.05, 0) is 35.4 Å². The highest BCUT2D eigenvalue weighted by Crippen LogP contribution is 2.39. The van der Waals surface area contributed by atoms with Crippen molar-refractivity contribution in [2.45, 2.75) is 6.10 Å². The molecule has 0 heterocycles. The number of hydrogen-bond donors (Lipinski definition) is 3. The third kappa shape index (κ3) is 6.84. The van der Waals surface area contributed by atoms with Gasteiger partial charge in [0.05, 0.1) is 52.3 Å². The Morgan fingerprint density at radius 2 is 1.50 bits per heavy atom. The van der Waals surface area contributed by atoms with Crippen molar-refractivity contribution >= 4 is 24.0 Å². The van der Waals surface area contributed by atoms with Gasteiger partial charge in [-0.3, -0.25) is 4.79 Å². The Kier molecular flexibility index (Phi) is 10.1. The standard InChI is InChI=1S/C25H29NO8/c1-31-21-12-17(13-22(32-2)23(21)33-3)11-20(25(30)34-4)19(10-16-8-6-5-7-9-16)24(29)26-14-18(28)15-27/h5-13,18,27-28H,14-15H2,1-4H3,(H,26,29)/b19-10+,20-11+. The van der Waals surface area contributed by atoms with Crippen molar-refractivity contribution in [2.75, 3.05) is 41.6 Å². The maximum absolute atomic E-state index is 13.1. The minimum Gasteiger partial charge on any atom is -0.493 e. The number of hydrogen-bond acceptors (Lipinski definition) is 8. The lowest BCUT2D eigenvalue weighted by Crippen LogP contribution is -2.35. The number of aliphatic hydroxyl groups excluding tert-OH is 2. The molecule has 1 atom stereocenters. The molecule has 0 aromatic heterocycles. The molecule has 3 N–H and O–H groups in total. The second kappa shape index (κ2) is 13.0. The summed E-state index contributed by atoms with van der Waals surface area (Å²) in [7, 11) is 5.61. The molecule has 182 valence electrons. The van der Waals surface area contributed by atoms with E-state index in [1.165, 1.54) is 40.6 Å². The van der Waals surface area contributed by atoms with Crippen LogP contribution in [-0.2, 0) is 14.3 Å². The Bertz CT molecular complexity index is 1020. The van der Waals surface area contributed by atoms with Crippen LogP contribution in [0.25, 0.3) is 12.2 Å². The lowest BCUT2D eigenvalue weighted by Gasteiger charge is -2.15. The van der Waals surface area contributed by atoms with Gasteiger partial charge in [0.2, 0.25) is 5.75 Å². The molecule has 1 amide bonds. The van der Waals surface area contributed by atoms with Gasteiger partial charge in [0.1, 0.15) is 0 Å². The van der Waals surface area contributed by atoms with E-state index in [1.807, 2.05) is 6.07 Å². The Morgan fingerprint density at radius 3 is 2.00 bits per heavy atom. The molecule has 9 nitrogen and oxygen atoms in total. The van der Waals surface area contributed by atoms with Gasteiger partial charge in [-0.25, -0.2) is 4.79 Å². The molecule has 2 aromatic carbocycles. The van der Waals surface area contributed by atoms with E-state index in [9.17, 15) is 14.7 Å². The minimum absolute atomic E-state index is 0.00283. The lowest BCUT2D eigenvalue weighted by atomic mass is 9.98. The molecule has 0 saturated carbocycles. The van der Waals surface area contributed by atoms with Crippen LogP contribution in [0.1, 0.15) is 11.1 Å². The number of carbonyl (C=O) groups excluding carboxylic acids is 2. The third-order valence-corrected chi connectivity index (χ3v) is 4.76. The van der Waals surface area contributed by atoms with E-state index in [1.54, 1.807) is 36.4 Å². The maximum Gasteiger partial charge on any atom is 0.338 e. The van der Waals surface area contributed by atoms with Crippen molar-refractivity contribution in [3.8, 4) is 17.2 Å². The number of aliphatic hydroxyl groups is 2. The van der Waals surface area contributed by atoms with Gasteiger partial charge in [0.15, 0.2) is 11.5 Å². The van der Waals surface area contributed by atoms with Crippen LogP contribution in [0.5, 0.6) is 17.2 Å². The quantitative estimate of drug-likeness (QED) is 0.258. The van der Waals surface area contributed by atoms with Crippen molar-refractivity contribution in [2.24, 2.45) is 0 Å². The number of nitrogens with one attached hydrogen (secondary N) is 1. The van der Waals surface area contributed by atoms with E-state index in [0.29, 0.717) is 28.4 Å². The topological polar surface area (TPSA) is 124 Å². The molecule has 34 heavy (non-hydrogen) atoms. The molecule has 0 aliphatic carbocycles. The van der Waals surface area contributed by atoms with Crippen LogP contribution in [-0.4, -0.2) is 69.8 Å². The summed E-state index contributed by atoms with van der Waals surface area (Å²) < 4.78 is 21.0. The van der Waals surface area contributed by atoms with Gasteiger partial charge in [0.25, 0.3) is 5.91 Å². The summed E-state index contributed by atoms with van der Waals surface area (Å²) in [6.45, 7) is -0.733. The van der Waals surface area contributed by atoms with E-state index in [-0.39, 0.29) is 17.7 Å². The Labute approximate surface area is 198 Å². The van der Waals surface area contributed by atoms with E-state index in [4.69, 9.17) is 24.1 Å². The second-order valence-electron chi connectivity index (χ2n) is 7.02. The highest BCUT2D eigenvalue weighted by atomic mass is 16.5. The first kappa shape index (κ1) is 26.4. The Hall–Kier alpha value is -3.82. The molecular formula is C25H29NO8. The Balaban J connectivity index is 2.67. The van der Waals surface area contributed by atoms with Crippen molar-refractivity contribution in [1.29, 1.82) is 0 Å². The van der Waals surface area contributed by atoms with Crippen molar-refractivity contribution in [3.05, 3.63) is 64.7 Å². The third-order valence-electron chi connectivity index (χ3n) is 4.76. The van der Waals surface area contributed by atoms with Crippen LogP contribution >= 0.6 is 0 Å². The predicted molar refractivity (Wildman–Crippen MR) is 127 cm³/mol. The fourth-order valence-electron chi connectivity index (χ4n) is 3.06. The normalized spacial score (nSPS) is 12.5. The molecule has 1 unspecified atom stereocenters. The van der Waals surface area contributed by atoms with Gasteiger partial charge in [0, 0.05) is 6.54 Å². The number of ether oxygens (including phenoxy) is 4. The van der Waals surface area contributed by atoms with Gasteiger partial charge in [-0.15, -0.1) is 0 Å². The second-order valence-corrected chi connectivity index (χ2v) is 7.02. The van der Waals surface area contributed by atoms with Crippen LogP contribution in [0.4, 0.5) is 0 Å². The number of carbonyl (C=O) groups is 2. The van der Waals surface area contributed by atoms with Crippen LogP contribution in [0.2, 0.25) is 0 Å². The van der Waals surface area contributed by atoms with Crippen LogP contribution in [0.3, 0.4) is 0 Å². The number of amides is 1. The number of esters is 1. The first-order valence-corrected chi connectivity index (χ1v) is 10.3. The molecule has 2 rings (SSSR count). The highest BCUT2D eigenvalue weighted by molar-refractivity contribution is 6.14. The smallest absolute Gasteiger partial charge is 0.338 e. The van der Waals surface area contributed by atoms with E-state index >= 15 is 0 Å². The summed E-state index contributed by atoms with van der Waals surface area (Å²) in [6.07, 6.45) is 1.84. The number of benzene rings is 2. The monoisotopic (exact) mass is 471 g/mol. The van der Waals surface area contributed by atoms with E-state index < -0.39 is 24.6 Å². The van der Waals surface area contributed by atoms with Gasteiger partial charge < -0.3 is 34.5 Å². The zero-order valence-corrected chi connectivity index (χ0v) is 19.5. The maximum atomic E-state index is 13.1. The first-order chi connectivity index (χ1) is 16.4. The molecule has 9 heteroatoms. The summed E-state index contributed by atoms with van der Waals surface area (Å²) in [4.78, 5) is 25.9. The van der Waals surface area contributed by atoms with Gasteiger partial charge >= 0.3 is 5.97 Å². The van der Waals surface area contributed by atoms with Crippen LogP contribution in [0.15, 0.2) is 53.6 Å². The molecule has 0 bridgehead atoms. The highest BCUT2D eigenvalue weighted by Gasteiger charge is 2.23. The summed E-state index contributed by atoms with van der Waals surface area (Å²) >= 11 is 0. The molecule has 2 aromatic rings. The fraction of sp³-hybridized carbons (Fsp3) is 0.280. The first-order valence-electron chi connectivity index (χ1n) is 10.3. The molecule has 0 radical (unpaired) electrons. The van der Waals surface area contributed by atoms with Gasteiger partial charge in [-0.1, -0.05) is 30.3 Å². The number of methoxy groups -OCH3 is 4. The average molecular weight is 472 g/mol. The van der Waals surface area contributed by atoms with Crippen molar-refractivity contribution in [1.82, 2.24) is 5.32 Å². The lowest BCUT2D eigenvalue weighted by molar-refractivity contribution is -0.136. The molecule has 0 aliphatic heterocycles. The molecular weight excluding hydrogens is 442 g/mol. The zero-order valence-electron chi connectivity index (χ0n) is 19.5. The van der Waals surface area contributed by atoms with Crippen molar-refractivity contribution in [3.63, 3.8) is 0 Å². The Morgan fingerprint density at radius 1 is 0.912 bits per heavy atom. The van der Waals surface area contributed by atoms with Crippen LogP contribution in [0, 0.1) is 0 Å². The summed E-state index contributed by atoms with van der Waals surface area (Å²) in [5.41, 5.74) is 1.10. The SMILES string of the molecule is COC(=O)C(=C/c1cc(OC)c(OC)c(OC)c1)/C(=C\c1ccccc1)C(=O)NCC(O)CO. The summed E-state index contributed by atoms with van der Waals surface area (Å²) in [6, 6.07) is 12.2. The summed E-state index contributed by atoms with van der Waals surface area (Å²) in [5.74, 6) is -0.297.